The number of aromatic nitrogens is 1. The molecule has 2 saturated carbocycles. The molecule has 0 N–H and O–H groups in total. The Balaban J connectivity index is 0.000000775. The van der Waals surface area contributed by atoms with Gasteiger partial charge in [-0.2, -0.15) is 0 Å². The molecular formula is C38H51BF4NP2-. The van der Waals surface area contributed by atoms with Gasteiger partial charge in [0.05, 0.1) is 16.7 Å². The van der Waals surface area contributed by atoms with Crippen LogP contribution in [-0.2, 0) is 10.8 Å². The lowest BCUT2D eigenvalue weighted by molar-refractivity contribution is 0.368. The van der Waals surface area contributed by atoms with E-state index >= 15 is 0 Å². The highest BCUT2D eigenvalue weighted by atomic mass is 31.1. The van der Waals surface area contributed by atoms with E-state index in [4.69, 9.17) is 0 Å². The molecule has 2 aliphatic rings. The van der Waals surface area contributed by atoms with E-state index in [2.05, 4.69) is 110 Å². The van der Waals surface area contributed by atoms with Gasteiger partial charge >= 0.3 is 7.25 Å². The van der Waals surface area contributed by atoms with Gasteiger partial charge in [-0.1, -0.05) is 112 Å². The molecule has 2 fully saturated rings. The number of hydrogen-bond donors (Lipinski definition) is 0. The van der Waals surface area contributed by atoms with Crippen molar-refractivity contribution in [2.24, 2.45) is 0 Å². The van der Waals surface area contributed by atoms with Crippen molar-refractivity contribution in [2.75, 3.05) is 0 Å². The maximum Gasteiger partial charge on any atom is 0.673 e. The lowest BCUT2D eigenvalue weighted by Crippen LogP contribution is -2.28. The third-order valence-electron chi connectivity index (χ3n) is 9.96. The molecular weight excluding hydrogens is 619 g/mol. The number of rotatable bonds is 4. The van der Waals surface area contributed by atoms with Crippen molar-refractivity contribution >= 4 is 56.8 Å². The van der Waals surface area contributed by atoms with E-state index in [0.717, 1.165) is 11.3 Å². The Morgan fingerprint density at radius 2 is 1.17 bits per heavy atom. The molecule has 250 valence electrons. The molecule has 8 heteroatoms. The van der Waals surface area contributed by atoms with Crippen LogP contribution in [0.15, 0.2) is 54.6 Å². The molecule has 0 spiro atoms. The van der Waals surface area contributed by atoms with E-state index in [1.54, 1.807) is 5.30 Å². The lowest BCUT2D eigenvalue weighted by atomic mass is 9.85. The summed E-state index contributed by atoms with van der Waals surface area (Å²) in [5.74, 6) is 0. The van der Waals surface area contributed by atoms with E-state index in [-0.39, 0.29) is 18.8 Å². The van der Waals surface area contributed by atoms with Crippen LogP contribution >= 0.6 is 17.2 Å². The summed E-state index contributed by atoms with van der Waals surface area (Å²) in [7, 11) is -3.08. The van der Waals surface area contributed by atoms with E-state index in [1.807, 2.05) is 0 Å². The van der Waals surface area contributed by atoms with Gasteiger partial charge in [-0.25, -0.2) is 0 Å². The van der Waals surface area contributed by atoms with Crippen LogP contribution in [0.4, 0.5) is 17.3 Å². The maximum absolute atomic E-state index is 9.75. The molecule has 6 rings (SSSR count). The Bertz CT molecular complexity index is 1630. The molecule has 1 heterocycles. The molecule has 0 bridgehead atoms. The van der Waals surface area contributed by atoms with Gasteiger partial charge < -0.3 is 21.8 Å². The van der Waals surface area contributed by atoms with Crippen molar-refractivity contribution in [1.29, 1.82) is 0 Å². The van der Waals surface area contributed by atoms with Crippen LogP contribution in [-0.4, -0.2) is 23.1 Å². The first-order valence-corrected chi connectivity index (χ1v) is 19.2. The highest BCUT2D eigenvalue weighted by Crippen LogP contribution is 2.56. The van der Waals surface area contributed by atoms with Crippen molar-refractivity contribution < 1.29 is 17.3 Å². The fourth-order valence-corrected chi connectivity index (χ4v) is 12.0. The summed E-state index contributed by atoms with van der Waals surface area (Å²) < 4.78 is 41.7. The topological polar surface area (TPSA) is 4.93 Å². The number of para-hydroxylation sites is 1. The first-order chi connectivity index (χ1) is 21.5. The van der Waals surface area contributed by atoms with Crippen molar-refractivity contribution in [1.82, 2.24) is 4.57 Å². The summed E-state index contributed by atoms with van der Waals surface area (Å²) in [5.41, 5.74) is 8.98. The number of halogens is 4. The van der Waals surface area contributed by atoms with Gasteiger partial charge in [0.15, 0.2) is 0 Å². The standard InChI is InChI=1S/C38H51NP2.BF4/c1-37(2,3)26-21-22-32-30(23-26)31-24-27(38(4,5)6)25-34(40)36(31)39(32)33-19-13-14-20-35(33)41(28-15-9-7-10-16-28)29-17-11-8-12-18-29;2-1(3,4)5/h13-14,19-25,28-29H,7-12,15-18,40H2,1-6H3;/q;-1. The molecule has 0 amide bonds. The van der Waals surface area contributed by atoms with Crippen LogP contribution in [0.25, 0.3) is 27.5 Å². The molecule has 0 saturated heterocycles. The molecule has 3 aromatic carbocycles. The van der Waals surface area contributed by atoms with Crippen molar-refractivity contribution in [3.05, 3.63) is 65.7 Å². The Morgan fingerprint density at radius 1 is 0.674 bits per heavy atom. The second kappa shape index (κ2) is 13.9. The molecule has 1 nitrogen and oxygen atoms in total. The van der Waals surface area contributed by atoms with Gasteiger partial charge in [-0.3, -0.25) is 0 Å². The average molecular weight is 671 g/mol. The Kier molecular flexibility index (Phi) is 10.7. The quantitative estimate of drug-likeness (QED) is 0.116. The fourth-order valence-electron chi connectivity index (χ4n) is 7.61. The van der Waals surface area contributed by atoms with Crippen LogP contribution in [0.3, 0.4) is 0 Å². The monoisotopic (exact) mass is 670 g/mol. The summed E-state index contributed by atoms with van der Waals surface area (Å²) in [6.07, 6.45) is 14.3. The smallest absolute Gasteiger partial charge is 0.418 e. The minimum Gasteiger partial charge on any atom is -0.418 e. The molecule has 4 aromatic rings. The number of benzene rings is 3. The molecule has 0 radical (unpaired) electrons. The fraction of sp³-hybridized carbons (Fsp3) is 0.526. The molecule has 1 aromatic heterocycles. The first kappa shape index (κ1) is 35.4. The summed E-state index contributed by atoms with van der Waals surface area (Å²) in [4.78, 5) is 0. The SMILES string of the molecule is CC(C)(C)c1ccc2c(c1)c1cc(C(C)(C)C)cc(P)c1n2-c1ccccc1P(C1CCCCC1)C1CCCCC1.F[B-](F)(F)F. The van der Waals surface area contributed by atoms with E-state index < -0.39 is 7.25 Å². The number of nitrogens with zero attached hydrogens (tertiary/aromatic N) is 1. The van der Waals surface area contributed by atoms with Crippen molar-refractivity contribution in [2.45, 2.75) is 128 Å². The van der Waals surface area contributed by atoms with E-state index in [9.17, 15) is 17.3 Å². The molecule has 1 atom stereocenters. The molecule has 2 aliphatic carbocycles. The highest BCUT2D eigenvalue weighted by Gasteiger charge is 2.34. The summed E-state index contributed by atoms with van der Waals surface area (Å²) in [6, 6.07) is 21.9. The van der Waals surface area contributed by atoms with Crippen molar-refractivity contribution in [3.63, 3.8) is 0 Å². The highest BCUT2D eigenvalue weighted by molar-refractivity contribution is 7.67. The lowest BCUT2D eigenvalue weighted by Gasteiger charge is -2.39. The summed E-state index contributed by atoms with van der Waals surface area (Å²) >= 11 is 0. The van der Waals surface area contributed by atoms with Gasteiger partial charge in [0, 0.05) is 16.1 Å². The van der Waals surface area contributed by atoms with Crippen LogP contribution in [0.2, 0.25) is 0 Å². The predicted octanol–water partition coefficient (Wildman–Crippen LogP) is 12.0. The molecule has 1 unspecified atom stereocenters. The van der Waals surface area contributed by atoms with Crippen molar-refractivity contribution in [3.8, 4) is 5.69 Å². The first-order valence-electron chi connectivity index (χ1n) is 17.2. The Morgan fingerprint density at radius 3 is 1.70 bits per heavy atom. The Labute approximate surface area is 277 Å². The average Bonchev–Trinajstić information content (AvgIpc) is 3.31. The zero-order valence-electron chi connectivity index (χ0n) is 28.5. The second-order valence-electron chi connectivity index (χ2n) is 15.5. The van der Waals surface area contributed by atoms with Gasteiger partial charge in [-0.05, 0) is 94.6 Å². The van der Waals surface area contributed by atoms with Gasteiger partial charge in [0.2, 0.25) is 0 Å². The van der Waals surface area contributed by atoms with Crippen LogP contribution in [0.5, 0.6) is 0 Å². The number of fused-ring (bicyclic) bond motifs is 3. The van der Waals surface area contributed by atoms with Crippen LogP contribution < -0.4 is 10.6 Å². The third-order valence-corrected chi connectivity index (χ3v) is 13.9. The van der Waals surface area contributed by atoms with Crippen LogP contribution in [0, 0.1) is 0 Å². The minimum absolute atomic E-state index is 0.101. The second-order valence-corrected chi connectivity index (χ2v) is 18.9. The zero-order valence-corrected chi connectivity index (χ0v) is 30.5. The number of hydrogen-bond acceptors (Lipinski definition) is 0. The third kappa shape index (κ3) is 8.03. The minimum atomic E-state index is -6.00. The molecule has 46 heavy (non-hydrogen) atoms. The summed E-state index contributed by atoms with van der Waals surface area (Å²) in [6.45, 7) is 14.0. The van der Waals surface area contributed by atoms with Gasteiger partial charge in [-0.15, -0.1) is 9.24 Å². The van der Waals surface area contributed by atoms with Crippen LogP contribution in [0.1, 0.15) is 117 Å². The predicted molar refractivity (Wildman–Crippen MR) is 198 cm³/mol. The largest absolute Gasteiger partial charge is 0.673 e. The van der Waals surface area contributed by atoms with Gasteiger partial charge in [0.25, 0.3) is 0 Å². The Hall–Kier alpha value is -1.90. The summed E-state index contributed by atoms with van der Waals surface area (Å²) in [5, 5.41) is 5.79. The van der Waals surface area contributed by atoms with E-state index in [1.165, 1.54) is 108 Å². The van der Waals surface area contributed by atoms with E-state index in [0.29, 0.717) is 0 Å². The van der Waals surface area contributed by atoms with Gasteiger partial charge in [0.1, 0.15) is 0 Å². The maximum atomic E-state index is 9.75. The zero-order chi connectivity index (χ0) is 33.4. The normalized spacial score (nSPS) is 17.5. The molecule has 0 aliphatic heterocycles.